The first-order valence-electron chi connectivity index (χ1n) is 8.83. The Kier molecular flexibility index (Phi) is 5.62. The van der Waals surface area contributed by atoms with Gasteiger partial charge in [-0.3, -0.25) is 4.55 Å². The van der Waals surface area contributed by atoms with E-state index >= 15 is 0 Å². The molecule has 34 heavy (non-hydrogen) atoms. The third-order valence-electron chi connectivity index (χ3n) is 4.24. The van der Waals surface area contributed by atoms with Gasteiger partial charge >= 0.3 is 22.5 Å². The standard InChI is InChI=1S/C19H8F6N4O3S2/c20-18(21,22)11-3-1-2-10(6-11)13-8-14(19(23,24)25)29-15(27-13)7-12(28-29)4-5-16-26-9-17(33-16)34(30,31)32/h1-3,6-9H,(H,30,31,32). The quantitative estimate of drug-likeness (QED) is 0.238. The highest BCUT2D eigenvalue weighted by molar-refractivity contribution is 7.88. The molecule has 0 aliphatic heterocycles. The van der Waals surface area contributed by atoms with Crippen LogP contribution in [-0.4, -0.2) is 32.6 Å². The fraction of sp³-hybridized carbons (Fsp3) is 0.105. The van der Waals surface area contributed by atoms with Crippen LogP contribution in [0.2, 0.25) is 0 Å². The molecule has 0 saturated carbocycles. The Morgan fingerprint density at radius 2 is 1.74 bits per heavy atom. The number of hydrogen-bond donors (Lipinski definition) is 1. The van der Waals surface area contributed by atoms with Gasteiger partial charge in [0.15, 0.2) is 20.6 Å². The summed E-state index contributed by atoms with van der Waals surface area (Å²) in [7, 11) is -4.49. The van der Waals surface area contributed by atoms with E-state index in [1.54, 1.807) is 0 Å². The van der Waals surface area contributed by atoms with Crippen LogP contribution in [0.1, 0.15) is 22.0 Å². The molecule has 15 heteroatoms. The van der Waals surface area contributed by atoms with Gasteiger partial charge in [0.05, 0.1) is 17.5 Å². The minimum Gasteiger partial charge on any atom is -0.281 e. The molecule has 4 rings (SSSR count). The molecule has 0 fully saturated rings. The monoisotopic (exact) mass is 518 g/mol. The van der Waals surface area contributed by atoms with Crippen molar-refractivity contribution in [2.24, 2.45) is 0 Å². The lowest BCUT2D eigenvalue weighted by Crippen LogP contribution is -2.14. The first kappa shape index (κ1) is 23.7. The van der Waals surface area contributed by atoms with Crippen molar-refractivity contribution < 1.29 is 39.3 Å². The van der Waals surface area contributed by atoms with Crippen molar-refractivity contribution in [1.82, 2.24) is 19.6 Å². The first-order chi connectivity index (χ1) is 15.7. The van der Waals surface area contributed by atoms with Crippen LogP contribution in [0.15, 0.2) is 46.8 Å². The number of fused-ring (bicyclic) bond motifs is 1. The lowest BCUT2D eigenvalue weighted by molar-refractivity contribution is -0.142. The van der Waals surface area contributed by atoms with Gasteiger partial charge in [0.2, 0.25) is 0 Å². The molecule has 3 aromatic heterocycles. The van der Waals surface area contributed by atoms with Crippen molar-refractivity contribution in [3.8, 4) is 23.1 Å². The molecule has 7 nitrogen and oxygen atoms in total. The van der Waals surface area contributed by atoms with E-state index in [1.807, 2.05) is 0 Å². The zero-order valence-electron chi connectivity index (χ0n) is 16.2. The molecule has 0 bridgehead atoms. The van der Waals surface area contributed by atoms with Crippen LogP contribution >= 0.6 is 11.3 Å². The summed E-state index contributed by atoms with van der Waals surface area (Å²) >= 11 is 0.532. The van der Waals surface area contributed by atoms with Gasteiger partial charge in [0, 0.05) is 11.6 Å². The van der Waals surface area contributed by atoms with Crippen LogP contribution in [-0.2, 0) is 22.5 Å². The number of aromatic nitrogens is 4. The second-order valence-electron chi connectivity index (χ2n) is 6.61. The second-order valence-corrected chi connectivity index (χ2v) is 9.29. The lowest BCUT2D eigenvalue weighted by Gasteiger charge is -2.12. The maximum atomic E-state index is 13.7. The lowest BCUT2D eigenvalue weighted by atomic mass is 10.1. The first-order valence-corrected chi connectivity index (χ1v) is 11.1. The molecular formula is C19H8F6N4O3S2. The molecule has 1 aromatic carbocycles. The largest absolute Gasteiger partial charge is 0.433 e. The van der Waals surface area contributed by atoms with E-state index in [1.165, 1.54) is 6.07 Å². The predicted octanol–water partition coefficient (Wildman–Crippen LogP) is 4.54. The maximum Gasteiger partial charge on any atom is 0.433 e. The number of thiazole rings is 1. The number of hydrogen-bond acceptors (Lipinski definition) is 6. The molecular weight excluding hydrogens is 510 g/mol. The van der Waals surface area contributed by atoms with Crippen LogP contribution in [0.4, 0.5) is 26.3 Å². The fourth-order valence-corrected chi connectivity index (χ4v) is 4.14. The van der Waals surface area contributed by atoms with Gasteiger partial charge in [0.1, 0.15) is 5.69 Å². The summed E-state index contributed by atoms with van der Waals surface area (Å²) in [6.45, 7) is 0. The number of alkyl halides is 6. The van der Waals surface area contributed by atoms with Crippen LogP contribution in [0, 0.1) is 11.8 Å². The minimum absolute atomic E-state index is 0.0571. The maximum absolute atomic E-state index is 13.7. The van der Waals surface area contributed by atoms with Crippen molar-refractivity contribution in [3.63, 3.8) is 0 Å². The summed E-state index contributed by atoms with van der Waals surface area (Å²) in [4.78, 5) is 7.67. The van der Waals surface area contributed by atoms with E-state index in [0.29, 0.717) is 28.0 Å². The Morgan fingerprint density at radius 3 is 2.35 bits per heavy atom. The third-order valence-corrected chi connectivity index (χ3v) is 6.44. The zero-order chi connectivity index (χ0) is 24.9. The predicted molar refractivity (Wildman–Crippen MR) is 106 cm³/mol. The Labute approximate surface area is 190 Å². The SMILES string of the molecule is O=S(=O)(O)c1cnc(C#Cc2cc3nc(-c4cccc(C(F)(F)F)c4)cc(C(F)(F)F)n3n2)s1. The van der Waals surface area contributed by atoms with E-state index in [-0.39, 0.29) is 27.6 Å². The molecule has 3 heterocycles. The molecule has 0 saturated heterocycles. The van der Waals surface area contributed by atoms with Gasteiger partial charge in [-0.05, 0) is 30.0 Å². The summed E-state index contributed by atoms with van der Waals surface area (Å²) in [6, 6.07) is 5.37. The third kappa shape index (κ3) is 4.88. The summed E-state index contributed by atoms with van der Waals surface area (Å²) in [5.74, 6) is 4.83. The fourth-order valence-electron chi connectivity index (χ4n) is 2.79. The Bertz CT molecular complexity index is 1580. The summed E-state index contributed by atoms with van der Waals surface area (Å²) < 4.78 is 111. The van der Waals surface area contributed by atoms with Crippen LogP contribution < -0.4 is 0 Å². The normalized spacial score (nSPS) is 12.6. The number of rotatable bonds is 2. The molecule has 0 spiro atoms. The minimum atomic E-state index is -4.92. The molecule has 0 aliphatic rings. The van der Waals surface area contributed by atoms with Gasteiger partial charge in [-0.2, -0.15) is 39.9 Å². The van der Waals surface area contributed by atoms with Crippen LogP contribution in [0.25, 0.3) is 16.9 Å². The van der Waals surface area contributed by atoms with Gasteiger partial charge in [0.25, 0.3) is 0 Å². The van der Waals surface area contributed by atoms with Crippen molar-refractivity contribution in [2.75, 3.05) is 0 Å². The average Bonchev–Trinajstić information content (AvgIpc) is 3.36. The summed E-state index contributed by atoms with van der Waals surface area (Å²) in [5, 5.41) is 3.67. The zero-order valence-corrected chi connectivity index (χ0v) is 17.8. The van der Waals surface area contributed by atoms with Gasteiger partial charge < -0.3 is 0 Å². The van der Waals surface area contributed by atoms with Crippen LogP contribution in [0.5, 0.6) is 0 Å². The van der Waals surface area contributed by atoms with Gasteiger partial charge in [-0.15, -0.1) is 0 Å². The topological polar surface area (TPSA) is 97.5 Å². The molecule has 0 atom stereocenters. The molecule has 1 N–H and O–H groups in total. The Hall–Kier alpha value is -3.48. The van der Waals surface area contributed by atoms with Gasteiger partial charge in [-0.25, -0.2) is 14.5 Å². The second kappa shape index (κ2) is 8.08. The molecule has 0 amide bonds. The summed E-state index contributed by atoms with van der Waals surface area (Å²) in [6.07, 6.45) is -8.76. The van der Waals surface area contributed by atoms with Crippen molar-refractivity contribution in [2.45, 2.75) is 16.6 Å². The van der Waals surface area contributed by atoms with Crippen molar-refractivity contribution >= 4 is 27.1 Å². The van der Waals surface area contributed by atoms with Crippen molar-refractivity contribution in [1.29, 1.82) is 0 Å². The number of benzene rings is 1. The Balaban J connectivity index is 1.81. The van der Waals surface area contributed by atoms with Crippen LogP contribution in [0.3, 0.4) is 0 Å². The average molecular weight is 518 g/mol. The number of halogens is 6. The highest BCUT2D eigenvalue weighted by atomic mass is 32.3. The van der Waals surface area contributed by atoms with Crippen molar-refractivity contribution in [3.05, 3.63) is 64.6 Å². The molecule has 176 valence electrons. The van der Waals surface area contributed by atoms with E-state index in [2.05, 4.69) is 26.9 Å². The molecule has 4 aromatic rings. The molecule has 0 unspecified atom stereocenters. The highest BCUT2D eigenvalue weighted by Crippen LogP contribution is 2.35. The van der Waals surface area contributed by atoms with E-state index < -0.39 is 37.9 Å². The van der Waals surface area contributed by atoms with E-state index in [4.69, 9.17) is 4.55 Å². The molecule has 0 aliphatic carbocycles. The number of nitrogens with zero attached hydrogens (tertiary/aromatic N) is 4. The van der Waals surface area contributed by atoms with E-state index in [0.717, 1.165) is 24.4 Å². The van der Waals surface area contributed by atoms with Gasteiger partial charge in [-0.1, -0.05) is 23.5 Å². The van der Waals surface area contributed by atoms with E-state index in [9.17, 15) is 34.8 Å². The molecule has 0 radical (unpaired) electrons. The highest BCUT2D eigenvalue weighted by Gasteiger charge is 2.36. The summed E-state index contributed by atoms with van der Waals surface area (Å²) in [5.41, 5.74) is -3.40. The smallest absolute Gasteiger partial charge is 0.281 e. The Morgan fingerprint density at radius 1 is 1.00 bits per heavy atom.